The normalized spacial score (nSPS) is 11.6. The van der Waals surface area contributed by atoms with Crippen LogP contribution in [0.25, 0.3) is 0 Å². The van der Waals surface area contributed by atoms with Gasteiger partial charge in [-0.2, -0.15) is 0 Å². The molecule has 0 fully saturated rings. The van der Waals surface area contributed by atoms with Crippen LogP contribution in [-0.4, -0.2) is 18.5 Å². The predicted octanol–water partition coefficient (Wildman–Crippen LogP) is 5.89. The van der Waals surface area contributed by atoms with Crippen LogP contribution in [0.4, 0.5) is 28.9 Å². The Morgan fingerprint density at radius 1 is 0.778 bits per heavy atom. The van der Waals surface area contributed by atoms with Crippen LogP contribution < -0.4 is 4.74 Å². The minimum atomic E-state index is -0.920. The van der Waals surface area contributed by atoms with Crippen LogP contribution in [0.15, 0.2) is 34.3 Å². The minimum absolute atomic E-state index is 0. The van der Waals surface area contributed by atoms with Gasteiger partial charge in [-0.15, -0.1) is 0 Å². The van der Waals surface area contributed by atoms with Crippen molar-refractivity contribution in [3.63, 3.8) is 0 Å². The van der Waals surface area contributed by atoms with Crippen molar-refractivity contribution in [3.05, 3.63) is 60.5 Å². The maximum absolute atomic E-state index is 13.9. The first-order valence-electron chi connectivity index (χ1n) is 7.32. The van der Waals surface area contributed by atoms with E-state index in [0.717, 1.165) is 24.3 Å². The second-order valence-electron chi connectivity index (χ2n) is 5.41. The molecule has 0 amide bonds. The first kappa shape index (κ1) is 24.8. The second kappa shape index (κ2) is 10.2. The summed E-state index contributed by atoms with van der Waals surface area (Å²) in [6.07, 6.45) is 0. The van der Waals surface area contributed by atoms with Crippen molar-refractivity contribution < 1.29 is 38.8 Å². The largest absolute Gasteiger partial charge is 0.497 e. The number of aliphatic imine (C=N–C) groups is 2. The second-order valence-corrected chi connectivity index (χ2v) is 5.41. The van der Waals surface area contributed by atoms with E-state index in [0.29, 0.717) is 5.56 Å². The number of rotatable bonds is 4. The van der Waals surface area contributed by atoms with Gasteiger partial charge in [-0.1, -0.05) is 0 Å². The summed E-state index contributed by atoms with van der Waals surface area (Å²) < 4.78 is 60.3. The average molecular weight is 426 g/mol. The van der Waals surface area contributed by atoms with Crippen LogP contribution in [0.1, 0.15) is 19.4 Å². The summed E-state index contributed by atoms with van der Waals surface area (Å²) in [6, 6.07) is 4.26. The molecule has 8 heteroatoms. The molecule has 0 N–H and O–H groups in total. The van der Waals surface area contributed by atoms with Crippen LogP contribution in [0.2, 0.25) is 0 Å². The van der Waals surface area contributed by atoms with E-state index in [1.165, 1.54) is 21.0 Å². The zero-order valence-corrected chi connectivity index (χ0v) is 16.4. The van der Waals surface area contributed by atoms with E-state index in [2.05, 4.69) is 9.98 Å². The predicted molar refractivity (Wildman–Crippen MR) is 96.0 cm³/mol. The van der Waals surface area contributed by atoms with E-state index in [1.807, 2.05) is 0 Å². The monoisotopic (exact) mass is 425 g/mol. The Kier molecular flexibility index (Phi) is 9.38. The standard InChI is InChI=1S/C18H16F4N2O.CH3.Ni/c1-9-5-13(19)17(14(20)6-9)23-10(2)11(3)24-18-15(21)7-12(25-4)8-16(18)22;;/h5-8H,1-4H3;1H3;/q;-1;. The summed E-state index contributed by atoms with van der Waals surface area (Å²) >= 11 is 0. The number of ether oxygens (including phenoxy) is 1. The Balaban J connectivity index is 0.00000338. The molecule has 0 atom stereocenters. The van der Waals surface area contributed by atoms with Crippen molar-refractivity contribution in [2.45, 2.75) is 20.8 Å². The summed E-state index contributed by atoms with van der Waals surface area (Å²) in [4.78, 5) is 7.70. The molecule has 27 heavy (non-hydrogen) atoms. The SMILES string of the molecule is COc1cc(F)c(N=C(C)C(C)=Nc2c(F)cc(C)cc2F)c(F)c1.[CH3-].[Ni]. The van der Waals surface area contributed by atoms with Crippen molar-refractivity contribution in [3.8, 4) is 5.75 Å². The Morgan fingerprint density at radius 3 is 1.44 bits per heavy atom. The van der Waals surface area contributed by atoms with Crippen LogP contribution in [0, 0.1) is 37.6 Å². The first-order valence-corrected chi connectivity index (χ1v) is 7.32. The minimum Gasteiger partial charge on any atom is -0.497 e. The van der Waals surface area contributed by atoms with Crippen molar-refractivity contribution in [2.75, 3.05) is 7.11 Å². The van der Waals surface area contributed by atoms with E-state index in [9.17, 15) is 17.6 Å². The van der Waals surface area contributed by atoms with Crippen LogP contribution in [0.5, 0.6) is 5.75 Å². The van der Waals surface area contributed by atoms with Gasteiger partial charge in [0.15, 0.2) is 23.3 Å². The van der Waals surface area contributed by atoms with Crippen molar-refractivity contribution >= 4 is 22.8 Å². The number of hydrogen-bond donors (Lipinski definition) is 0. The van der Waals surface area contributed by atoms with Crippen LogP contribution in [0.3, 0.4) is 0 Å². The Morgan fingerprint density at radius 2 is 1.11 bits per heavy atom. The van der Waals surface area contributed by atoms with Gasteiger partial charge in [-0.3, -0.25) is 0 Å². The molecule has 0 saturated heterocycles. The molecule has 0 aliphatic heterocycles. The number of benzene rings is 2. The van der Waals surface area contributed by atoms with Gasteiger partial charge in [-0.05, 0) is 38.5 Å². The van der Waals surface area contributed by atoms with E-state index in [-0.39, 0.29) is 41.1 Å². The quantitative estimate of drug-likeness (QED) is 0.260. The van der Waals surface area contributed by atoms with Gasteiger partial charge in [0.25, 0.3) is 0 Å². The van der Waals surface area contributed by atoms with Gasteiger partial charge >= 0.3 is 0 Å². The molecule has 2 aromatic rings. The fourth-order valence-corrected chi connectivity index (χ4v) is 2.06. The average Bonchev–Trinajstić information content (AvgIpc) is 2.53. The van der Waals surface area contributed by atoms with Crippen molar-refractivity contribution in [1.29, 1.82) is 0 Å². The molecule has 0 aliphatic rings. The maximum Gasteiger partial charge on any atom is 0.155 e. The molecule has 0 aliphatic carbocycles. The maximum atomic E-state index is 13.9. The van der Waals surface area contributed by atoms with E-state index in [1.54, 1.807) is 6.92 Å². The summed E-state index contributed by atoms with van der Waals surface area (Å²) in [5, 5.41) is 0. The zero-order chi connectivity index (χ0) is 18.7. The molecular formula is C19H19F4N2NiO-. The fourth-order valence-electron chi connectivity index (χ4n) is 2.06. The number of halogens is 4. The summed E-state index contributed by atoms with van der Waals surface area (Å²) in [7, 11) is 1.28. The topological polar surface area (TPSA) is 34.0 Å². The third kappa shape index (κ3) is 5.89. The Labute approximate surface area is 166 Å². The molecule has 2 aromatic carbocycles. The van der Waals surface area contributed by atoms with Gasteiger partial charge < -0.3 is 12.2 Å². The first-order chi connectivity index (χ1) is 11.7. The fraction of sp³-hybridized carbons (Fsp3) is 0.211. The van der Waals surface area contributed by atoms with Gasteiger partial charge in [0.05, 0.1) is 18.5 Å². The molecule has 2 rings (SSSR count). The number of aryl methyl sites for hydroxylation is 1. The van der Waals surface area contributed by atoms with Crippen molar-refractivity contribution in [1.82, 2.24) is 0 Å². The van der Waals surface area contributed by atoms with Gasteiger partial charge in [0.1, 0.15) is 17.1 Å². The smallest absolute Gasteiger partial charge is 0.155 e. The third-order valence-corrected chi connectivity index (χ3v) is 3.47. The van der Waals surface area contributed by atoms with Gasteiger partial charge in [-0.25, -0.2) is 27.5 Å². The van der Waals surface area contributed by atoms with Gasteiger partial charge in [0.2, 0.25) is 0 Å². The molecular weight excluding hydrogens is 407 g/mol. The van der Waals surface area contributed by atoms with Crippen LogP contribution >= 0.6 is 0 Å². The van der Waals surface area contributed by atoms with Crippen LogP contribution in [-0.2, 0) is 16.5 Å². The summed E-state index contributed by atoms with van der Waals surface area (Å²) in [6.45, 7) is 4.43. The molecule has 0 bridgehead atoms. The molecule has 0 radical (unpaired) electrons. The van der Waals surface area contributed by atoms with Gasteiger partial charge in [0, 0.05) is 28.6 Å². The Bertz CT molecular complexity index is 836. The summed E-state index contributed by atoms with van der Waals surface area (Å²) in [5.74, 6) is -3.48. The molecule has 0 aromatic heterocycles. The van der Waals surface area contributed by atoms with E-state index >= 15 is 0 Å². The third-order valence-electron chi connectivity index (χ3n) is 3.47. The molecule has 0 unspecified atom stereocenters. The van der Waals surface area contributed by atoms with E-state index in [4.69, 9.17) is 4.74 Å². The molecule has 3 nitrogen and oxygen atoms in total. The molecule has 0 spiro atoms. The zero-order valence-electron chi connectivity index (χ0n) is 15.4. The van der Waals surface area contributed by atoms with Crippen molar-refractivity contribution in [2.24, 2.45) is 9.98 Å². The number of methoxy groups -OCH3 is 1. The Hall–Kier alpha value is -2.21. The number of nitrogens with zero attached hydrogens (tertiary/aromatic N) is 2. The summed E-state index contributed by atoms with van der Waals surface area (Å²) in [5.41, 5.74) is -0.357. The molecule has 0 heterocycles. The molecule has 0 saturated carbocycles. The number of hydrogen-bond acceptors (Lipinski definition) is 3. The van der Waals surface area contributed by atoms with E-state index < -0.39 is 34.6 Å². The molecule has 150 valence electrons.